The van der Waals surface area contributed by atoms with Gasteiger partial charge in [-0.3, -0.25) is 24.3 Å². The number of para-hydroxylation sites is 1. The third kappa shape index (κ3) is 3.68. The lowest BCUT2D eigenvalue weighted by molar-refractivity contribution is -0.385. The average molecular weight is 408 g/mol. The molecule has 1 heterocycles. The minimum absolute atomic E-state index is 0.100. The Kier molecular flexibility index (Phi) is 5.96. The Balaban J connectivity index is 2.08. The van der Waals surface area contributed by atoms with E-state index in [1.807, 2.05) is 19.9 Å². The zero-order valence-corrected chi connectivity index (χ0v) is 17.5. The predicted molar refractivity (Wildman–Crippen MR) is 115 cm³/mol. The Labute approximate surface area is 173 Å². The number of carbonyl (C=O) groups is 1. The number of carbonyl (C=O) groups excluding carboxylic acids is 1. The topological polar surface area (TPSA) is 98.3 Å². The summed E-state index contributed by atoms with van der Waals surface area (Å²) in [4.78, 5) is 43.1. The molecule has 8 heteroatoms. The van der Waals surface area contributed by atoms with Crippen LogP contribution >= 0.6 is 0 Å². The third-order valence-electron chi connectivity index (χ3n) is 5.33. The Hall–Kier alpha value is -3.55. The van der Waals surface area contributed by atoms with Gasteiger partial charge < -0.3 is 4.90 Å². The maximum Gasteiger partial charge on any atom is 0.273 e. The fourth-order valence-corrected chi connectivity index (χ4v) is 3.66. The molecule has 0 saturated heterocycles. The van der Waals surface area contributed by atoms with Gasteiger partial charge >= 0.3 is 0 Å². The van der Waals surface area contributed by atoms with E-state index in [9.17, 15) is 19.7 Å². The molecule has 1 amide bonds. The molecule has 1 atom stereocenters. The SMILES string of the molecule is CCC(c1nc2ccccc2c(=O)n1CC)N(C)C(=O)c1ccc(C)c([N+](=O)[O-])c1. The van der Waals surface area contributed by atoms with Gasteiger partial charge in [-0.15, -0.1) is 0 Å². The van der Waals surface area contributed by atoms with Crippen molar-refractivity contribution in [3.05, 3.63) is 79.9 Å². The number of benzene rings is 2. The van der Waals surface area contributed by atoms with Gasteiger partial charge in [0.1, 0.15) is 5.82 Å². The van der Waals surface area contributed by atoms with Gasteiger partial charge in [0.15, 0.2) is 0 Å². The monoisotopic (exact) mass is 408 g/mol. The van der Waals surface area contributed by atoms with Crippen LogP contribution in [-0.4, -0.2) is 32.3 Å². The van der Waals surface area contributed by atoms with Crippen molar-refractivity contribution in [2.45, 2.75) is 39.8 Å². The summed E-state index contributed by atoms with van der Waals surface area (Å²) in [5.41, 5.74) is 1.04. The molecule has 0 aliphatic carbocycles. The summed E-state index contributed by atoms with van der Waals surface area (Å²) in [5, 5.41) is 11.8. The van der Waals surface area contributed by atoms with Gasteiger partial charge in [-0.2, -0.15) is 0 Å². The molecule has 3 aromatic rings. The highest BCUT2D eigenvalue weighted by Gasteiger charge is 2.27. The van der Waals surface area contributed by atoms with E-state index in [4.69, 9.17) is 4.98 Å². The number of fused-ring (bicyclic) bond motifs is 1. The Morgan fingerprint density at radius 2 is 1.93 bits per heavy atom. The first kappa shape index (κ1) is 21.2. The number of nitro benzene ring substituents is 1. The van der Waals surface area contributed by atoms with Crippen molar-refractivity contribution in [1.29, 1.82) is 0 Å². The molecule has 0 N–H and O–H groups in total. The lowest BCUT2D eigenvalue weighted by atomic mass is 10.1. The second kappa shape index (κ2) is 8.44. The zero-order valence-electron chi connectivity index (χ0n) is 17.5. The molecule has 0 fully saturated rings. The number of aromatic nitrogens is 2. The van der Waals surface area contributed by atoms with Gasteiger partial charge in [0, 0.05) is 30.8 Å². The van der Waals surface area contributed by atoms with Gasteiger partial charge in [0.05, 0.1) is 21.9 Å². The van der Waals surface area contributed by atoms with E-state index >= 15 is 0 Å². The van der Waals surface area contributed by atoms with Crippen molar-refractivity contribution in [2.24, 2.45) is 0 Å². The molecular weight excluding hydrogens is 384 g/mol. The maximum absolute atomic E-state index is 13.1. The predicted octanol–water partition coefficient (Wildman–Crippen LogP) is 3.86. The minimum atomic E-state index is -0.497. The van der Waals surface area contributed by atoms with Gasteiger partial charge in [0.2, 0.25) is 0 Å². The molecule has 0 radical (unpaired) electrons. The lowest BCUT2D eigenvalue weighted by Crippen LogP contribution is -2.36. The fraction of sp³-hybridized carbons (Fsp3) is 0.318. The van der Waals surface area contributed by atoms with Crippen LogP contribution in [-0.2, 0) is 6.54 Å². The van der Waals surface area contributed by atoms with Gasteiger partial charge in [-0.1, -0.05) is 25.1 Å². The number of amides is 1. The molecule has 0 saturated carbocycles. The van der Waals surface area contributed by atoms with Crippen LogP contribution in [0.2, 0.25) is 0 Å². The van der Waals surface area contributed by atoms with Crippen molar-refractivity contribution in [1.82, 2.24) is 14.5 Å². The number of rotatable bonds is 6. The molecule has 2 aromatic carbocycles. The van der Waals surface area contributed by atoms with Crippen LogP contribution in [0.3, 0.4) is 0 Å². The molecule has 0 bridgehead atoms. The Morgan fingerprint density at radius 1 is 1.23 bits per heavy atom. The van der Waals surface area contributed by atoms with Gasteiger partial charge in [0.25, 0.3) is 17.2 Å². The third-order valence-corrected chi connectivity index (χ3v) is 5.33. The first-order valence-corrected chi connectivity index (χ1v) is 9.81. The highest BCUT2D eigenvalue weighted by Crippen LogP contribution is 2.26. The Morgan fingerprint density at radius 3 is 2.57 bits per heavy atom. The number of aryl methyl sites for hydroxylation is 1. The molecule has 8 nitrogen and oxygen atoms in total. The van der Waals surface area contributed by atoms with Crippen LogP contribution in [0.5, 0.6) is 0 Å². The average Bonchev–Trinajstić information content (AvgIpc) is 2.74. The highest BCUT2D eigenvalue weighted by molar-refractivity contribution is 5.95. The second-order valence-electron chi connectivity index (χ2n) is 7.14. The zero-order chi connectivity index (χ0) is 22.0. The van der Waals surface area contributed by atoms with E-state index in [1.165, 1.54) is 11.0 Å². The second-order valence-corrected chi connectivity index (χ2v) is 7.14. The minimum Gasteiger partial charge on any atom is -0.332 e. The lowest BCUT2D eigenvalue weighted by Gasteiger charge is -2.29. The van der Waals surface area contributed by atoms with Crippen LogP contribution in [0.4, 0.5) is 5.69 Å². The highest BCUT2D eigenvalue weighted by atomic mass is 16.6. The Bertz CT molecular complexity index is 1190. The molecular formula is C22H24N4O4. The van der Waals surface area contributed by atoms with E-state index in [0.29, 0.717) is 35.3 Å². The largest absolute Gasteiger partial charge is 0.332 e. The van der Waals surface area contributed by atoms with Crippen molar-refractivity contribution >= 4 is 22.5 Å². The first-order chi connectivity index (χ1) is 14.3. The summed E-state index contributed by atoms with van der Waals surface area (Å²) in [6, 6.07) is 11.1. The summed E-state index contributed by atoms with van der Waals surface area (Å²) in [6.07, 6.45) is 0.529. The fourth-order valence-electron chi connectivity index (χ4n) is 3.66. The summed E-state index contributed by atoms with van der Waals surface area (Å²) >= 11 is 0. The number of nitro groups is 1. The van der Waals surface area contributed by atoms with E-state index < -0.39 is 11.0 Å². The van der Waals surface area contributed by atoms with Crippen molar-refractivity contribution < 1.29 is 9.72 Å². The van der Waals surface area contributed by atoms with Crippen LogP contribution < -0.4 is 5.56 Å². The molecule has 0 aliphatic heterocycles. The van der Waals surface area contributed by atoms with Gasteiger partial charge in [-0.05, 0) is 38.5 Å². The summed E-state index contributed by atoms with van der Waals surface area (Å²) in [7, 11) is 1.63. The van der Waals surface area contributed by atoms with Crippen LogP contribution in [0.25, 0.3) is 10.9 Å². The van der Waals surface area contributed by atoms with Crippen LogP contribution in [0.15, 0.2) is 47.3 Å². The quantitative estimate of drug-likeness (QED) is 0.456. The summed E-state index contributed by atoms with van der Waals surface area (Å²) in [5.74, 6) is 0.135. The molecule has 1 aromatic heterocycles. The molecule has 1 unspecified atom stereocenters. The molecule has 3 rings (SSSR count). The summed E-state index contributed by atoms with van der Waals surface area (Å²) in [6.45, 7) is 5.82. The standard InChI is InChI=1S/C22H24N4O4/c1-5-18(20-23-17-10-8-7-9-16(17)22(28)25(20)6-2)24(4)21(27)15-12-11-14(3)19(13-15)26(29)30/h7-13,18H,5-6H2,1-4H3. The smallest absolute Gasteiger partial charge is 0.273 e. The van der Waals surface area contributed by atoms with Crippen molar-refractivity contribution in [3.8, 4) is 0 Å². The van der Waals surface area contributed by atoms with Crippen LogP contribution in [0, 0.1) is 17.0 Å². The number of nitrogens with zero attached hydrogens (tertiary/aromatic N) is 4. The first-order valence-electron chi connectivity index (χ1n) is 9.81. The molecule has 30 heavy (non-hydrogen) atoms. The number of hydrogen-bond acceptors (Lipinski definition) is 5. The van der Waals surface area contributed by atoms with Gasteiger partial charge in [-0.25, -0.2) is 4.98 Å². The van der Waals surface area contributed by atoms with E-state index in [0.717, 1.165) is 0 Å². The molecule has 0 spiro atoms. The number of hydrogen-bond donors (Lipinski definition) is 0. The van der Waals surface area contributed by atoms with E-state index in [1.54, 1.807) is 48.9 Å². The van der Waals surface area contributed by atoms with Crippen LogP contribution in [0.1, 0.15) is 48.1 Å². The summed E-state index contributed by atoms with van der Waals surface area (Å²) < 4.78 is 1.58. The maximum atomic E-state index is 13.1. The van der Waals surface area contributed by atoms with Crippen molar-refractivity contribution in [2.75, 3.05) is 7.05 Å². The normalized spacial score (nSPS) is 12.0. The van der Waals surface area contributed by atoms with Crippen molar-refractivity contribution in [3.63, 3.8) is 0 Å². The molecule has 0 aliphatic rings. The van der Waals surface area contributed by atoms with E-state index in [2.05, 4.69) is 0 Å². The molecule has 156 valence electrons. The van der Waals surface area contributed by atoms with E-state index in [-0.39, 0.29) is 22.7 Å².